The van der Waals surface area contributed by atoms with E-state index >= 15 is 0 Å². The fourth-order valence-corrected chi connectivity index (χ4v) is 3.45. The van der Waals surface area contributed by atoms with Gasteiger partial charge in [-0.3, -0.25) is 14.9 Å². The van der Waals surface area contributed by atoms with Gasteiger partial charge in [0, 0.05) is 49.2 Å². The van der Waals surface area contributed by atoms with Crippen molar-refractivity contribution in [2.45, 2.75) is 12.8 Å². The summed E-state index contributed by atoms with van der Waals surface area (Å²) in [5.41, 5.74) is 2.81. The van der Waals surface area contributed by atoms with Crippen molar-refractivity contribution in [1.29, 1.82) is 0 Å². The average molecular weight is 361 g/mol. The first kappa shape index (κ1) is 17.3. The van der Waals surface area contributed by atoms with Gasteiger partial charge in [0.05, 0.1) is 5.69 Å². The molecule has 0 spiro atoms. The van der Waals surface area contributed by atoms with Gasteiger partial charge in [-0.05, 0) is 43.0 Å². The van der Waals surface area contributed by atoms with Crippen LogP contribution in [0.1, 0.15) is 23.2 Å². The Morgan fingerprint density at radius 1 is 1.11 bits per heavy atom. The number of carbonyl (C=O) groups excluding carboxylic acids is 1. The zero-order valence-corrected chi connectivity index (χ0v) is 15.1. The predicted octanol–water partition coefficient (Wildman–Crippen LogP) is 3.12. The lowest BCUT2D eigenvalue weighted by Gasteiger charge is -2.32. The van der Waals surface area contributed by atoms with Crippen LogP contribution < -0.4 is 10.2 Å². The number of benzene rings is 1. The molecule has 0 bridgehead atoms. The molecule has 0 radical (unpaired) electrons. The first-order valence-electron chi connectivity index (χ1n) is 9.33. The van der Waals surface area contributed by atoms with Crippen LogP contribution in [0.3, 0.4) is 0 Å². The predicted molar refractivity (Wildman–Crippen MR) is 106 cm³/mol. The minimum Gasteiger partial charge on any atom is -0.355 e. The van der Waals surface area contributed by atoms with Crippen LogP contribution in [0.15, 0.2) is 60.9 Å². The van der Waals surface area contributed by atoms with Crippen LogP contribution in [0.25, 0.3) is 11.3 Å². The van der Waals surface area contributed by atoms with Crippen LogP contribution in [-0.2, 0) is 0 Å². The summed E-state index contributed by atoms with van der Waals surface area (Å²) < 4.78 is 0. The zero-order valence-electron chi connectivity index (χ0n) is 15.1. The van der Waals surface area contributed by atoms with Crippen LogP contribution >= 0.6 is 0 Å². The molecule has 1 fully saturated rings. The highest BCUT2D eigenvalue weighted by Crippen LogP contribution is 2.25. The number of nitrogens with zero attached hydrogens (tertiary/aromatic N) is 3. The maximum atomic E-state index is 12.2. The van der Waals surface area contributed by atoms with E-state index in [9.17, 15) is 4.79 Å². The number of piperidine rings is 1. The first-order valence-corrected chi connectivity index (χ1v) is 9.33. The topological polar surface area (TPSA) is 73.9 Å². The maximum absolute atomic E-state index is 12.2. The number of amides is 1. The van der Waals surface area contributed by atoms with Crippen molar-refractivity contribution < 1.29 is 4.79 Å². The lowest BCUT2D eigenvalue weighted by atomic mass is 9.96. The third-order valence-electron chi connectivity index (χ3n) is 5.08. The molecule has 0 atom stereocenters. The summed E-state index contributed by atoms with van der Waals surface area (Å²) in [6.45, 7) is 2.63. The average Bonchev–Trinajstić information content (AvgIpc) is 3.24. The van der Waals surface area contributed by atoms with Gasteiger partial charge < -0.3 is 10.2 Å². The van der Waals surface area contributed by atoms with Crippen molar-refractivity contribution in [3.8, 4) is 11.3 Å². The Morgan fingerprint density at radius 2 is 1.85 bits per heavy atom. The normalized spacial score (nSPS) is 14.9. The van der Waals surface area contributed by atoms with Crippen molar-refractivity contribution in [3.05, 3.63) is 66.5 Å². The third-order valence-corrected chi connectivity index (χ3v) is 5.08. The fourth-order valence-electron chi connectivity index (χ4n) is 3.45. The Morgan fingerprint density at radius 3 is 2.59 bits per heavy atom. The summed E-state index contributed by atoms with van der Waals surface area (Å²) in [7, 11) is 0. The third kappa shape index (κ3) is 4.16. The molecule has 0 saturated carbocycles. The van der Waals surface area contributed by atoms with E-state index in [1.54, 1.807) is 12.4 Å². The second kappa shape index (κ2) is 8.03. The van der Waals surface area contributed by atoms with Gasteiger partial charge >= 0.3 is 0 Å². The summed E-state index contributed by atoms with van der Waals surface area (Å²) in [6, 6.07) is 15.4. The van der Waals surface area contributed by atoms with Gasteiger partial charge in [-0.2, -0.15) is 5.10 Å². The summed E-state index contributed by atoms with van der Waals surface area (Å²) in [6.07, 6.45) is 5.66. The lowest BCUT2D eigenvalue weighted by molar-refractivity contribution is 0.0945. The van der Waals surface area contributed by atoms with E-state index < -0.39 is 0 Å². The standard InChI is InChI=1S/C21H23N5O/c27-21(18-4-2-1-3-5-18)23-15-16-8-12-26(13-9-16)20-14-19(24-25-20)17-6-10-22-11-7-17/h1-7,10-11,14,16H,8-9,12-13,15H2,(H,23,27)(H,24,25). The smallest absolute Gasteiger partial charge is 0.251 e. The molecular weight excluding hydrogens is 338 g/mol. The molecule has 1 amide bonds. The molecule has 3 aromatic rings. The van der Waals surface area contributed by atoms with E-state index in [0.29, 0.717) is 5.92 Å². The number of aromatic nitrogens is 3. The van der Waals surface area contributed by atoms with Crippen LogP contribution in [0, 0.1) is 5.92 Å². The van der Waals surface area contributed by atoms with Gasteiger partial charge in [-0.1, -0.05) is 18.2 Å². The largest absolute Gasteiger partial charge is 0.355 e. The molecule has 1 aliphatic rings. The zero-order chi connectivity index (χ0) is 18.5. The van der Waals surface area contributed by atoms with Gasteiger partial charge in [0.25, 0.3) is 5.91 Å². The van der Waals surface area contributed by atoms with E-state index in [1.807, 2.05) is 42.5 Å². The molecule has 138 valence electrons. The Labute approximate surface area is 158 Å². The first-order chi connectivity index (χ1) is 13.3. The molecule has 27 heavy (non-hydrogen) atoms. The minimum atomic E-state index is 0.00678. The van der Waals surface area contributed by atoms with Crippen molar-refractivity contribution >= 4 is 11.7 Å². The fraction of sp³-hybridized carbons (Fsp3) is 0.286. The second-order valence-corrected chi connectivity index (χ2v) is 6.88. The summed E-state index contributed by atoms with van der Waals surface area (Å²) in [5.74, 6) is 1.49. The van der Waals surface area contributed by atoms with E-state index in [-0.39, 0.29) is 5.91 Å². The Kier molecular flexibility index (Phi) is 5.14. The quantitative estimate of drug-likeness (QED) is 0.732. The molecule has 0 unspecified atom stereocenters. The Balaban J connectivity index is 1.28. The molecule has 0 aliphatic carbocycles. The SMILES string of the molecule is O=C(NCC1CCN(c2cc(-c3ccncc3)[nH]n2)CC1)c1ccccc1. The molecular formula is C21H23N5O. The van der Waals surface area contributed by atoms with Crippen molar-refractivity contribution in [2.24, 2.45) is 5.92 Å². The highest BCUT2D eigenvalue weighted by molar-refractivity contribution is 5.94. The minimum absolute atomic E-state index is 0.00678. The number of H-pyrrole nitrogens is 1. The number of anilines is 1. The molecule has 1 saturated heterocycles. The molecule has 3 heterocycles. The van der Waals surface area contributed by atoms with Gasteiger partial charge in [0.15, 0.2) is 5.82 Å². The van der Waals surface area contributed by atoms with Gasteiger partial charge in [-0.25, -0.2) is 0 Å². The van der Waals surface area contributed by atoms with E-state index in [0.717, 1.165) is 55.1 Å². The van der Waals surface area contributed by atoms with Crippen LogP contribution in [-0.4, -0.2) is 40.7 Å². The summed E-state index contributed by atoms with van der Waals surface area (Å²) in [4.78, 5) is 18.5. The highest BCUT2D eigenvalue weighted by Gasteiger charge is 2.21. The number of nitrogens with one attached hydrogen (secondary N) is 2. The van der Waals surface area contributed by atoms with Crippen molar-refractivity contribution in [2.75, 3.05) is 24.5 Å². The highest BCUT2D eigenvalue weighted by atomic mass is 16.1. The van der Waals surface area contributed by atoms with Gasteiger partial charge in [0.2, 0.25) is 0 Å². The Hall–Kier alpha value is -3.15. The Bertz CT molecular complexity index is 870. The number of hydrogen-bond acceptors (Lipinski definition) is 4. The molecule has 1 aliphatic heterocycles. The molecule has 2 aromatic heterocycles. The van der Waals surface area contributed by atoms with Gasteiger partial charge in [-0.15, -0.1) is 0 Å². The van der Waals surface area contributed by atoms with E-state index in [1.165, 1.54) is 0 Å². The second-order valence-electron chi connectivity index (χ2n) is 6.88. The van der Waals surface area contributed by atoms with Crippen LogP contribution in [0.2, 0.25) is 0 Å². The van der Waals surface area contributed by atoms with Crippen molar-refractivity contribution in [1.82, 2.24) is 20.5 Å². The van der Waals surface area contributed by atoms with E-state index in [4.69, 9.17) is 0 Å². The summed E-state index contributed by atoms with van der Waals surface area (Å²) >= 11 is 0. The van der Waals surface area contributed by atoms with Crippen LogP contribution in [0.4, 0.5) is 5.82 Å². The molecule has 4 rings (SSSR count). The number of rotatable bonds is 5. The molecule has 1 aromatic carbocycles. The number of aromatic amines is 1. The van der Waals surface area contributed by atoms with E-state index in [2.05, 4.69) is 31.5 Å². The summed E-state index contributed by atoms with van der Waals surface area (Å²) in [5, 5.41) is 10.6. The molecule has 2 N–H and O–H groups in total. The number of carbonyl (C=O) groups is 1. The number of hydrogen-bond donors (Lipinski definition) is 2. The molecule has 6 heteroatoms. The molecule has 6 nitrogen and oxygen atoms in total. The monoisotopic (exact) mass is 361 g/mol. The maximum Gasteiger partial charge on any atom is 0.251 e. The van der Waals surface area contributed by atoms with Crippen molar-refractivity contribution in [3.63, 3.8) is 0 Å². The lowest BCUT2D eigenvalue weighted by Crippen LogP contribution is -2.38. The number of pyridine rings is 1. The van der Waals surface area contributed by atoms with Crippen LogP contribution in [0.5, 0.6) is 0 Å². The van der Waals surface area contributed by atoms with Gasteiger partial charge in [0.1, 0.15) is 0 Å².